The van der Waals surface area contributed by atoms with Gasteiger partial charge in [-0.15, -0.1) is 0 Å². The fourth-order valence-corrected chi connectivity index (χ4v) is 2.83. The van der Waals surface area contributed by atoms with Crippen LogP contribution in [0, 0.1) is 0 Å². The summed E-state index contributed by atoms with van der Waals surface area (Å²) in [7, 11) is 0. The van der Waals surface area contributed by atoms with Gasteiger partial charge in [-0.25, -0.2) is 4.79 Å². The molecular weight excluding hydrogens is 272 g/mol. The van der Waals surface area contributed by atoms with Gasteiger partial charge in [0, 0.05) is 13.1 Å². The number of aliphatic carboxylic acids is 1. The van der Waals surface area contributed by atoms with Gasteiger partial charge in [-0.05, 0) is 40.3 Å². The topological polar surface area (TPSA) is 70.1 Å². The molecule has 0 aromatic rings. The van der Waals surface area contributed by atoms with Crippen LogP contribution in [0.4, 0.5) is 4.79 Å². The summed E-state index contributed by atoms with van der Waals surface area (Å²) in [5.41, 5.74) is -0.983. The quantitative estimate of drug-likeness (QED) is 0.814. The van der Waals surface area contributed by atoms with Crippen molar-refractivity contribution in [2.24, 2.45) is 0 Å². The van der Waals surface area contributed by atoms with Crippen molar-refractivity contribution in [3.63, 3.8) is 0 Å². The van der Waals surface area contributed by atoms with Crippen molar-refractivity contribution in [1.82, 2.24) is 9.80 Å². The first-order valence-electron chi connectivity index (χ1n) is 7.58. The van der Waals surface area contributed by atoms with Crippen LogP contribution in [0.1, 0.15) is 47.5 Å². The number of ether oxygens (including phenoxy) is 1. The molecule has 1 aliphatic rings. The number of likely N-dealkylation sites (N-methyl/N-ethyl adjacent to an activating group) is 1. The molecule has 1 N–H and O–H groups in total. The number of carboxylic acids is 1. The number of hydrogen-bond acceptors (Lipinski definition) is 4. The molecule has 1 saturated heterocycles. The van der Waals surface area contributed by atoms with Crippen LogP contribution < -0.4 is 0 Å². The zero-order valence-electron chi connectivity index (χ0n) is 13.8. The smallest absolute Gasteiger partial charge is 0.410 e. The minimum Gasteiger partial charge on any atom is -0.481 e. The van der Waals surface area contributed by atoms with Crippen molar-refractivity contribution in [3.05, 3.63) is 0 Å². The number of hydrogen-bond donors (Lipinski definition) is 1. The van der Waals surface area contributed by atoms with Crippen LogP contribution >= 0.6 is 0 Å². The molecule has 1 amide bonds. The van der Waals surface area contributed by atoms with Gasteiger partial charge in [-0.1, -0.05) is 13.8 Å². The van der Waals surface area contributed by atoms with Crippen LogP contribution in [-0.2, 0) is 9.53 Å². The first-order valence-corrected chi connectivity index (χ1v) is 7.58. The zero-order chi connectivity index (χ0) is 16.3. The summed E-state index contributed by atoms with van der Waals surface area (Å²) in [6, 6.07) is 0. The lowest BCUT2D eigenvalue weighted by atomic mass is 9.84. The minimum atomic E-state index is -0.826. The number of carbonyl (C=O) groups is 2. The summed E-state index contributed by atoms with van der Waals surface area (Å²) in [5.74, 6) is -0.826. The highest BCUT2D eigenvalue weighted by Gasteiger charge is 2.50. The van der Waals surface area contributed by atoms with Crippen molar-refractivity contribution < 1.29 is 19.4 Å². The number of carbonyl (C=O) groups excluding carboxylic acids is 1. The number of amides is 1. The van der Waals surface area contributed by atoms with Gasteiger partial charge in [0.15, 0.2) is 0 Å². The molecule has 0 aromatic carbocycles. The van der Waals surface area contributed by atoms with Gasteiger partial charge < -0.3 is 14.7 Å². The van der Waals surface area contributed by atoms with E-state index in [1.54, 1.807) is 4.90 Å². The predicted octanol–water partition coefficient (Wildman–Crippen LogP) is 2.18. The Kier molecular flexibility index (Phi) is 5.61. The lowest BCUT2D eigenvalue weighted by molar-refractivity contribution is -0.145. The first kappa shape index (κ1) is 17.8. The molecule has 0 aliphatic carbocycles. The molecule has 1 heterocycles. The summed E-state index contributed by atoms with van der Waals surface area (Å²) in [4.78, 5) is 27.0. The molecule has 21 heavy (non-hydrogen) atoms. The van der Waals surface area contributed by atoms with Crippen LogP contribution in [0.15, 0.2) is 0 Å². The van der Waals surface area contributed by atoms with E-state index in [2.05, 4.69) is 11.8 Å². The Bertz CT molecular complexity index is 384. The lowest BCUT2D eigenvalue weighted by Crippen LogP contribution is -2.72. The van der Waals surface area contributed by atoms with E-state index in [1.165, 1.54) is 0 Å². The van der Waals surface area contributed by atoms with Crippen molar-refractivity contribution >= 4 is 12.1 Å². The molecule has 6 heteroatoms. The third kappa shape index (κ3) is 4.59. The van der Waals surface area contributed by atoms with Crippen molar-refractivity contribution in [2.75, 3.05) is 26.2 Å². The maximum Gasteiger partial charge on any atom is 0.410 e. The van der Waals surface area contributed by atoms with Gasteiger partial charge in [-0.3, -0.25) is 9.69 Å². The fourth-order valence-electron chi connectivity index (χ4n) is 2.83. The molecule has 1 fully saturated rings. The molecule has 0 atom stereocenters. The van der Waals surface area contributed by atoms with Gasteiger partial charge in [0.2, 0.25) is 0 Å². The lowest BCUT2D eigenvalue weighted by Gasteiger charge is -2.55. The summed E-state index contributed by atoms with van der Waals surface area (Å²) in [6.45, 7) is 12.0. The van der Waals surface area contributed by atoms with E-state index in [9.17, 15) is 14.7 Å². The number of carboxylic acid groups (broad SMARTS) is 1. The van der Waals surface area contributed by atoms with Crippen LogP contribution in [0.3, 0.4) is 0 Å². The number of rotatable bonds is 6. The molecule has 0 unspecified atom stereocenters. The zero-order valence-corrected chi connectivity index (χ0v) is 13.8. The van der Waals surface area contributed by atoms with Crippen LogP contribution in [0.2, 0.25) is 0 Å². The van der Waals surface area contributed by atoms with Crippen LogP contribution in [0.25, 0.3) is 0 Å². The molecule has 122 valence electrons. The molecule has 0 bridgehead atoms. The normalized spacial score (nSPS) is 17.5. The Morgan fingerprint density at radius 3 is 2.24 bits per heavy atom. The van der Waals surface area contributed by atoms with Crippen molar-refractivity contribution in [2.45, 2.75) is 58.6 Å². The van der Waals surface area contributed by atoms with E-state index in [-0.39, 0.29) is 12.5 Å². The number of nitrogens with zero attached hydrogens (tertiary/aromatic N) is 2. The Hall–Kier alpha value is -1.30. The van der Waals surface area contributed by atoms with Crippen molar-refractivity contribution in [1.29, 1.82) is 0 Å². The molecule has 1 aliphatic heterocycles. The third-order valence-electron chi connectivity index (χ3n) is 3.65. The highest BCUT2D eigenvalue weighted by atomic mass is 16.6. The molecular formula is C15H28N2O4. The van der Waals surface area contributed by atoms with E-state index >= 15 is 0 Å². The molecule has 0 spiro atoms. The summed E-state index contributed by atoms with van der Waals surface area (Å²) in [6.07, 6.45) is 0.651. The second-order valence-electron chi connectivity index (χ2n) is 6.71. The highest BCUT2D eigenvalue weighted by Crippen LogP contribution is 2.32. The third-order valence-corrected chi connectivity index (χ3v) is 3.65. The average Bonchev–Trinajstić information content (AvgIpc) is 2.27. The minimum absolute atomic E-state index is 0.0557. The average molecular weight is 300 g/mol. The summed E-state index contributed by atoms with van der Waals surface area (Å²) < 4.78 is 5.33. The maximum absolute atomic E-state index is 12.0. The van der Waals surface area contributed by atoms with Crippen LogP contribution in [0.5, 0.6) is 0 Å². The molecule has 1 rings (SSSR count). The van der Waals surface area contributed by atoms with Crippen LogP contribution in [-0.4, -0.2) is 64.3 Å². The number of likely N-dealkylation sites (tertiary alicyclic amines) is 1. The van der Waals surface area contributed by atoms with Gasteiger partial charge in [0.1, 0.15) is 5.60 Å². The van der Waals surface area contributed by atoms with E-state index in [0.29, 0.717) is 13.1 Å². The largest absolute Gasteiger partial charge is 0.481 e. The molecule has 6 nitrogen and oxygen atoms in total. The monoisotopic (exact) mass is 300 g/mol. The van der Waals surface area contributed by atoms with Crippen molar-refractivity contribution in [3.8, 4) is 0 Å². The summed E-state index contributed by atoms with van der Waals surface area (Å²) in [5, 5.41) is 9.18. The Labute approximate surface area is 127 Å². The van der Waals surface area contributed by atoms with Gasteiger partial charge in [0.05, 0.1) is 12.0 Å². The van der Waals surface area contributed by atoms with E-state index in [4.69, 9.17) is 4.74 Å². The molecule has 0 radical (unpaired) electrons. The Morgan fingerprint density at radius 2 is 1.86 bits per heavy atom. The molecule has 0 aromatic heterocycles. The van der Waals surface area contributed by atoms with E-state index in [1.807, 2.05) is 27.7 Å². The second kappa shape index (κ2) is 6.64. The van der Waals surface area contributed by atoms with E-state index in [0.717, 1.165) is 19.5 Å². The second-order valence-corrected chi connectivity index (χ2v) is 6.71. The first-order chi connectivity index (χ1) is 9.63. The Balaban J connectivity index is 2.73. The van der Waals surface area contributed by atoms with Gasteiger partial charge >= 0.3 is 12.1 Å². The maximum atomic E-state index is 12.0. The fraction of sp³-hybridized carbons (Fsp3) is 0.867. The highest BCUT2D eigenvalue weighted by molar-refractivity contribution is 5.73. The SMILES string of the molecule is CCCN(CC)C1(CC(=O)O)CN(C(=O)OC(C)(C)C)C1. The predicted molar refractivity (Wildman–Crippen MR) is 80.3 cm³/mol. The standard InChI is InChI=1S/C15H28N2O4/c1-6-8-17(7-2)15(9-12(18)19)10-16(11-15)13(20)21-14(3,4)5/h6-11H2,1-5H3,(H,18,19). The van der Waals surface area contributed by atoms with E-state index < -0.39 is 17.1 Å². The molecule has 0 saturated carbocycles. The Morgan fingerprint density at radius 1 is 1.29 bits per heavy atom. The van der Waals surface area contributed by atoms with Gasteiger partial charge in [-0.2, -0.15) is 0 Å². The van der Waals surface area contributed by atoms with Gasteiger partial charge in [0.25, 0.3) is 0 Å². The summed E-state index contributed by atoms with van der Waals surface area (Å²) >= 11 is 0.